The Morgan fingerprint density at radius 3 is 2.29 bits per heavy atom. The van der Waals surface area contributed by atoms with Crippen LogP contribution < -0.4 is 10.6 Å². The van der Waals surface area contributed by atoms with E-state index in [1.165, 1.54) is 24.5 Å². The Balaban J connectivity index is 1.69. The lowest BCUT2D eigenvalue weighted by Crippen LogP contribution is -2.37. The van der Waals surface area contributed by atoms with Gasteiger partial charge in [-0.15, -0.1) is 0 Å². The van der Waals surface area contributed by atoms with Crippen molar-refractivity contribution in [2.45, 2.75) is 31.5 Å². The van der Waals surface area contributed by atoms with Crippen molar-refractivity contribution in [1.82, 2.24) is 15.5 Å². The highest BCUT2D eigenvalue weighted by Gasteiger charge is 2.30. The molecule has 2 aromatic carbocycles. The maximum absolute atomic E-state index is 12.8. The summed E-state index contributed by atoms with van der Waals surface area (Å²) in [4.78, 5) is 25.4. The Labute approximate surface area is 176 Å². The Morgan fingerprint density at radius 2 is 1.71 bits per heavy atom. The number of aromatic amines is 1. The van der Waals surface area contributed by atoms with E-state index in [1.54, 1.807) is 37.3 Å². The number of H-pyrrole nitrogens is 1. The fourth-order valence-corrected chi connectivity index (χ4v) is 3.10. The van der Waals surface area contributed by atoms with Crippen LogP contribution in [0, 0.1) is 0 Å². The molecule has 0 saturated carbocycles. The van der Waals surface area contributed by atoms with Crippen LogP contribution in [0.5, 0.6) is 0 Å². The number of aromatic nitrogens is 2. The predicted molar refractivity (Wildman–Crippen MR) is 109 cm³/mol. The molecule has 9 heteroatoms. The van der Waals surface area contributed by atoms with Gasteiger partial charge in [0.2, 0.25) is 5.91 Å². The molecule has 0 saturated heterocycles. The molecule has 2 amide bonds. The van der Waals surface area contributed by atoms with E-state index in [-0.39, 0.29) is 12.3 Å². The number of nitrogens with one attached hydrogen (secondary N) is 3. The molecular weight excluding hydrogens is 409 g/mol. The molecule has 3 N–H and O–H groups in total. The maximum Gasteiger partial charge on any atom is 0.416 e. The van der Waals surface area contributed by atoms with E-state index in [9.17, 15) is 22.8 Å². The summed E-state index contributed by atoms with van der Waals surface area (Å²) in [5.41, 5.74) is 0.910. The molecule has 1 aromatic heterocycles. The van der Waals surface area contributed by atoms with Gasteiger partial charge in [-0.25, -0.2) is 0 Å². The molecule has 162 valence electrons. The van der Waals surface area contributed by atoms with Crippen molar-refractivity contribution < 1.29 is 22.8 Å². The normalized spacial score (nSPS) is 13.3. The molecule has 0 spiro atoms. The molecule has 0 aliphatic heterocycles. The fourth-order valence-electron chi connectivity index (χ4n) is 3.10. The number of benzene rings is 2. The van der Waals surface area contributed by atoms with Crippen LogP contribution in [0.15, 0.2) is 67.0 Å². The van der Waals surface area contributed by atoms with Gasteiger partial charge in [-0.2, -0.15) is 18.3 Å². The van der Waals surface area contributed by atoms with E-state index in [1.807, 2.05) is 0 Å². The van der Waals surface area contributed by atoms with Crippen molar-refractivity contribution in [2.24, 2.45) is 0 Å². The molecule has 0 fully saturated rings. The Hall–Kier alpha value is -3.62. The van der Waals surface area contributed by atoms with Gasteiger partial charge in [-0.1, -0.05) is 49.4 Å². The third kappa shape index (κ3) is 5.94. The highest BCUT2D eigenvalue weighted by atomic mass is 19.4. The number of nitrogens with zero attached hydrogens (tertiary/aromatic N) is 1. The lowest BCUT2D eigenvalue weighted by molar-refractivity contribution is -0.137. The number of amides is 2. The molecule has 2 unspecified atom stereocenters. The summed E-state index contributed by atoms with van der Waals surface area (Å²) in [6.45, 7) is 1.74. The summed E-state index contributed by atoms with van der Waals surface area (Å²) in [5, 5.41) is 11.8. The van der Waals surface area contributed by atoms with Crippen molar-refractivity contribution in [1.29, 1.82) is 0 Å². The van der Waals surface area contributed by atoms with Crippen molar-refractivity contribution in [3.8, 4) is 0 Å². The van der Waals surface area contributed by atoms with E-state index < -0.39 is 29.6 Å². The van der Waals surface area contributed by atoms with E-state index >= 15 is 0 Å². The van der Waals surface area contributed by atoms with Crippen LogP contribution in [0.25, 0.3) is 0 Å². The van der Waals surface area contributed by atoms with Gasteiger partial charge in [-0.05, 0) is 29.2 Å². The zero-order valence-corrected chi connectivity index (χ0v) is 16.6. The molecule has 6 nitrogen and oxygen atoms in total. The minimum Gasteiger partial charge on any atom is -0.341 e. The minimum atomic E-state index is -4.41. The maximum atomic E-state index is 12.8. The van der Waals surface area contributed by atoms with Gasteiger partial charge in [0.1, 0.15) is 6.04 Å². The van der Waals surface area contributed by atoms with Gasteiger partial charge in [0.05, 0.1) is 17.4 Å². The van der Waals surface area contributed by atoms with Gasteiger partial charge in [0, 0.05) is 12.6 Å². The molecule has 3 aromatic rings. The zero-order chi connectivity index (χ0) is 22.4. The molecular formula is C22H21F3N4O2. The second kappa shape index (κ2) is 9.46. The molecule has 0 bridgehead atoms. The Kier molecular flexibility index (Phi) is 6.74. The summed E-state index contributed by atoms with van der Waals surface area (Å²) < 4.78 is 38.2. The average molecular weight is 430 g/mol. The summed E-state index contributed by atoms with van der Waals surface area (Å²) in [7, 11) is 0. The summed E-state index contributed by atoms with van der Waals surface area (Å²) >= 11 is 0. The number of alkyl halides is 3. The lowest BCUT2D eigenvalue weighted by atomic mass is 9.96. The van der Waals surface area contributed by atoms with Gasteiger partial charge in [0.25, 0.3) is 5.91 Å². The number of halogens is 3. The number of carbonyl (C=O) groups excluding carboxylic acids is 2. The second-order valence-electron chi connectivity index (χ2n) is 7.11. The topological polar surface area (TPSA) is 86.9 Å². The highest BCUT2D eigenvalue weighted by molar-refractivity contribution is 5.97. The van der Waals surface area contributed by atoms with E-state index in [0.29, 0.717) is 16.8 Å². The van der Waals surface area contributed by atoms with Gasteiger partial charge < -0.3 is 10.6 Å². The van der Waals surface area contributed by atoms with Crippen LogP contribution in [0.1, 0.15) is 42.0 Å². The largest absolute Gasteiger partial charge is 0.416 e. The molecule has 1 heterocycles. The van der Waals surface area contributed by atoms with Crippen LogP contribution in [-0.4, -0.2) is 22.0 Å². The van der Waals surface area contributed by atoms with Crippen LogP contribution in [0.2, 0.25) is 0 Å². The van der Waals surface area contributed by atoms with Crippen molar-refractivity contribution in [3.05, 3.63) is 83.7 Å². The lowest BCUT2D eigenvalue weighted by Gasteiger charge is -2.20. The standard InChI is InChI=1S/C22H21F3N4O2/c1-14(15-7-9-17(10-8-15)22(23,24)25)11-19(30)29-20(16-5-3-2-4-6-16)21(31)28-18-12-26-27-13-18/h2-10,12-14,20H,11H2,1H3,(H,26,27)(H,28,31)(H,29,30). The first-order chi connectivity index (χ1) is 14.7. The number of carbonyl (C=O) groups is 2. The van der Waals surface area contributed by atoms with Crippen molar-refractivity contribution >= 4 is 17.5 Å². The summed E-state index contributed by atoms with van der Waals surface area (Å²) in [6, 6.07) is 12.5. The molecule has 2 atom stereocenters. The number of rotatable bonds is 7. The second-order valence-corrected chi connectivity index (χ2v) is 7.11. The summed E-state index contributed by atoms with van der Waals surface area (Å²) in [5.74, 6) is -1.18. The third-order valence-electron chi connectivity index (χ3n) is 4.76. The number of anilines is 1. The first-order valence-corrected chi connectivity index (χ1v) is 9.55. The Morgan fingerprint density at radius 1 is 1.03 bits per heavy atom. The molecule has 0 aliphatic carbocycles. The highest BCUT2D eigenvalue weighted by Crippen LogP contribution is 2.30. The van der Waals surface area contributed by atoms with Gasteiger partial charge in [0.15, 0.2) is 0 Å². The fraction of sp³-hybridized carbons (Fsp3) is 0.227. The van der Waals surface area contributed by atoms with Crippen molar-refractivity contribution in [3.63, 3.8) is 0 Å². The van der Waals surface area contributed by atoms with E-state index in [2.05, 4.69) is 20.8 Å². The van der Waals surface area contributed by atoms with Crippen LogP contribution in [0.4, 0.5) is 18.9 Å². The predicted octanol–water partition coefficient (Wildman–Crippen LogP) is 4.42. The van der Waals surface area contributed by atoms with Gasteiger partial charge in [-0.3, -0.25) is 14.7 Å². The molecule has 3 rings (SSSR count). The molecule has 31 heavy (non-hydrogen) atoms. The summed E-state index contributed by atoms with van der Waals surface area (Å²) in [6.07, 6.45) is -1.46. The SMILES string of the molecule is CC(CC(=O)NC(C(=O)Nc1cn[nH]c1)c1ccccc1)c1ccc(C(F)(F)F)cc1. The monoisotopic (exact) mass is 430 g/mol. The average Bonchev–Trinajstić information content (AvgIpc) is 3.25. The van der Waals surface area contributed by atoms with E-state index in [0.717, 1.165) is 12.1 Å². The van der Waals surface area contributed by atoms with Crippen LogP contribution in [-0.2, 0) is 15.8 Å². The quantitative estimate of drug-likeness (QED) is 0.519. The third-order valence-corrected chi connectivity index (χ3v) is 4.76. The smallest absolute Gasteiger partial charge is 0.341 e. The molecule has 0 radical (unpaired) electrons. The number of hydrogen-bond acceptors (Lipinski definition) is 3. The van der Waals surface area contributed by atoms with Crippen molar-refractivity contribution in [2.75, 3.05) is 5.32 Å². The first-order valence-electron chi connectivity index (χ1n) is 9.55. The van der Waals surface area contributed by atoms with E-state index in [4.69, 9.17) is 0 Å². The molecule has 0 aliphatic rings. The van der Waals surface area contributed by atoms with Crippen LogP contribution in [0.3, 0.4) is 0 Å². The number of hydrogen-bond donors (Lipinski definition) is 3. The zero-order valence-electron chi connectivity index (χ0n) is 16.6. The van der Waals surface area contributed by atoms with Crippen LogP contribution >= 0.6 is 0 Å². The minimum absolute atomic E-state index is 0.00763. The van der Waals surface area contributed by atoms with Gasteiger partial charge >= 0.3 is 6.18 Å². The Bertz CT molecular complexity index is 1000. The first kappa shape index (κ1) is 22.1.